The van der Waals surface area contributed by atoms with E-state index in [0.717, 1.165) is 5.57 Å². The Hall–Kier alpha value is -2.01. The fourth-order valence-corrected chi connectivity index (χ4v) is 6.26. The zero-order chi connectivity index (χ0) is 32.5. The lowest BCUT2D eigenvalue weighted by molar-refractivity contribution is -0.333. The Labute approximate surface area is 258 Å². The molecule has 0 aliphatic carbocycles. The van der Waals surface area contributed by atoms with Crippen LogP contribution in [-0.4, -0.2) is 85.0 Å². The number of rotatable bonds is 8. The molecular formula is C34H56O9. The Morgan fingerprint density at radius 1 is 1.12 bits per heavy atom. The first-order valence-corrected chi connectivity index (χ1v) is 15.5. The van der Waals surface area contributed by atoms with Crippen molar-refractivity contribution in [1.82, 2.24) is 0 Å². The van der Waals surface area contributed by atoms with Crippen molar-refractivity contribution in [3.63, 3.8) is 0 Å². The minimum Gasteiger partial charge on any atom is -0.490 e. The molecule has 43 heavy (non-hydrogen) atoms. The molecule has 246 valence electrons. The zero-order valence-electron chi connectivity index (χ0n) is 27.7. The molecule has 0 aromatic carbocycles. The van der Waals surface area contributed by atoms with E-state index >= 15 is 0 Å². The van der Waals surface area contributed by atoms with Crippen LogP contribution in [0.3, 0.4) is 0 Å². The first kappa shape index (κ1) is 37.2. The Bertz CT molecular complexity index is 1000. The summed E-state index contributed by atoms with van der Waals surface area (Å²) >= 11 is 0. The topological polar surface area (TPSA) is 124 Å². The average molecular weight is 609 g/mol. The van der Waals surface area contributed by atoms with E-state index < -0.39 is 54.1 Å². The van der Waals surface area contributed by atoms with Crippen LogP contribution in [0.4, 0.5) is 0 Å². The van der Waals surface area contributed by atoms with Crippen LogP contribution in [0.1, 0.15) is 67.7 Å². The van der Waals surface area contributed by atoms with E-state index in [1.54, 1.807) is 19.1 Å². The number of carbonyl (C=O) groups excluding carboxylic acids is 1. The molecule has 0 aromatic rings. The normalized spacial score (nSPS) is 41.0. The van der Waals surface area contributed by atoms with E-state index in [1.165, 1.54) is 21.3 Å². The van der Waals surface area contributed by atoms with Gasteiger partial charge in [0, 0.05) is 44.3 Å². The number of carbonyl (C=O) groups is 1. The lowest BCUT2D eigenvalue weighted by Gasteiger charge is -2.50. The van der Waals surface area contributed by atoms with Gasteiger partial charge in [-0.15, -0.1) is 0 Å². The van der Waals surface area contributed by atoms with Gasteiger partial charge < -0.3 is 39.0 Å². The van der Waals surface area contributed by atoms with E-state index in [0.29, 0.717) is 12.8 Å². The first-order chi connectivity index (χ1) is 20.3. The monoisotopic (exact) mass is 608 g/mol. The number of cyclic esters (lactones) is 1. The molecule has 0 spiro atoms. The van der Waals surface area contributed by atoms with E-state index in [2.05, 4.69) is 0 Å². The highest BCUT2D eigenvalue weighted by atomic mass is 16.7. The van der Waals surface area contributed by atoms with Crippen LogP contribution in [0.5, 0.6) is 0 Å². The highest BCUT2D eigenvalue weighted by molar-refractivity contribution is 5.87. The summed E-state index contributed by atoms with van der Waals surface area (Å²) in [4.78, 5) is 13.5. The highest BCUT2D eigenvalue weighted by Crippen LogP contribution is 2.42. The molecule has 3 N–H and O–H groups in total. The van der Waals surface area contributed by atoms with Gasteiger partial charge in [-0.1, -0.05) is 77.5 Å². The Balaban J connectivity index is 2.50. The molecule has 1 fully saturated rings. The van der Waals surface area contributed by atoms with E-state index in [-0.39, 0.29) is 36.0 Å². The largest absolute Gasteiger partial charge is 0.490 e. The van der Waals surface area contributed by atoms with Crippen LogP contribution >= 0.6 is 0 Å². The quantitative estimate of drug-likeness (QED) is 0.336. The number of methoxy groups -OCH3 is 3. The predicted octanol–water partition coefficient (Wildman–Crippen LogP) is 4.71. The van der Waals surface area contributed by atoms with Crippen LogP contribution in [0, 0.1) is 29.6 Å². The zero-order valence-corrected chi connectivity index (χ0v) is 27.7. The molecule has 9 nitrogen and oxygen atoms in total. The van der Waals surface area contributed by atoms with Crippen LogP contribution < -0.4 is 0 Å². The SMILES string of the molecule is CC[C@H]1O[C@@](OC)([C@@H](C)[C@H](O)[C@H](C)[C@H]2OC(=O)/C(OC)=C/C(C)=C/[C@@H](C)[C@@H](O)[C@H](C)C/C=C/C=C/[C@@H]2OC)C[C@@H](O)[C@@H]1C. The van der Waals surface area contributed by atoms with Gasteiger partial charge >= 0.3 is 5.97 Å². The maximum Gasteiger partial charge on any atom is 0.373 e. The summed E-state index contributed by atoms with van der Waals surface area (Å²) in [5.74, 6) is -3.41. The minimum atomic E-state index is -1.23. The second-order valence-corrected chi connectivity index (χ2v) is 12.4. The molecule has 0 amide bonds. The number of aliphatic hydroxyl groups excluding tert-OH is 3. The molecule has 0 radical (unpaired) electrons. The first-order valence-electron chi connectivity index (χ1n) is 15.5. The van der Waals surface area contributed by atoms with Crippen LogP contribution in [0.15, 0.2) is 47.8 Å². The van der Waals surface area contributed by atoms with Gasteiger partial charge in [0.1, 0.15) is 12.2 Å². The van der Waals surface area contributed by atoms with Crippen molar-refractivity contribution in [2.24, 2.45) is 29.6 Å². The summed E-state index contributed by atoms with van der Waals surface area (Å²) in [6.45, 7) is 13.3. The second kappa shape index (κ2) is 16.9. The third-order valence-corrected chi connectivity index (χ3v) is 9.37. The molecule has 1 saturated heterocycles. The number of ether oxygens (including phenoxy) is 5. The average Bonchev–Trinajstić information content (AvgIpc) is 2.99. The van der Waals surface area contributed by atoms with Gasteiger partial charge in [0.15, 0.2) is 5.79 Å². The van der Waals surface area contributed by atoms with Gasteiger partial charge in [0.2, 0.25) is 5.76 Å². The number of aliphatic hydroxyl groups is 3. The molecule has 2 heterocycles. The number of allylic oxidation sites excluding steroid dienone is 5. The summed E-state index contributed by atoms with van der Waals surface area (Å²) in [5, 5.41) is 33.4. The Morgan fingerprint density at radius 3 is 2.37 bits per heavy atom. The maximum absolute atomic E-state index is 13.5. The van der Waals surface area contributed by atoms with E-state index in [1.807, 2.05) is 65.8 Å². The number of hydrogen-bond donors (Lipinski definition) is 3. The lowest BCUT2D eigenvalue weighted by Crippen LogP contribution is -2.59. The van der Waals surface area contributed by atoms with Gasteiger partial charge in [0.05, 0.1) is 31.5 Å². The summed E-state index contributed by atoms with van der Waals surface area (Å²) in [6, 6.07) is 0. The van der Waals surface area contributed by atoms with E-state index in [4.69, 9.17) is 23.7 Å². The van der Waals surface area contributed by atoms with Crippen LogP contribution in [-0.2, 0) is 28.5 Å². The van der Waals surface area contributed by atoms with Gasteiger partial charge in [0.25, 0.3) is 0 Å². The van der Waals surface area contributed by atoms with Crippen molar-refractivity contribution in [3.8, 4) is 0 Å². The highest BCUT2D eigenvalue weighted by Gasteiger charge is 2.52. The third-order valence-electron chi connectivity index (χ3n) is 9.37. The Kier molecular flexibility index (Phi) is 14.6. The lowest BCUT2D eigenvalue weighted by atomic mass is 9.77. The smallest absolute Gasteiger partial charge is 0.373 e. The molecule has 12 atom stereocenters. The molecule has 2 aliphatic heterocycles. The van der Waals surface area contributed by atoms with Crippen molar-refractivity contribution >= 4 is 5.97 Å². The van der Waals surface area contributed by atoms with Gasteiger partial charge in [-0.05, 0) is 31.8 Å². The predicted molar refractivity (Wildman–Crippen MR) is 166 cm³/mol. The summed E-state index contributed by atoms with van der Waals surface area (Å²) in [7, 11) is 4.44. The van der Waals surface area contributed by atoms with Crippen LogP contribution in [0.2, 0.25) is 0 Å². The van der Waals surface area contributed by atoms with Crippen molar-refractivity contribution in [1.29, 1.82) is 0 Å². The van der Waals surface area contributed by atoms with Gasteiger partial charge in [-0.25, -0.2) is 4.79 Å². The van der Waals surface area contributed by atoms with Crippen molar-refractivity contribution in [3.05, 3.63) is 47.8 Å². The van der Waals surface area contributed by atoms with Gasteiger partial charge in [-0.3, -0.25) is 0 Å². The fraction of sp³-hybridized carbons (Fsp3) is 0.735. The summed E-state index contributed by atoms with van der Waals surface area (Å²) < 4.78 is 29.6. The van der Waals surface area contributed by atoms with E-state index in [9.17, 15) is 20.1 Å². The Morgan fingerprint density at radius 2 is 1.79 bits per heavy atom. The third kappa shape index (κ3) is 9.25. The summed E-state index contributed by atoms with van der Waals surface area (Å²) in [6.07, 6.45) is 8.32. The molecule has 9 heteroatoms. The van der Waals surface area contributed by atoms with Crippen molar-refractivity contribution in [2.45, 2.75) is 110 Å². The molecule has 0 aromatic heterocycles. The number of hydrogen-bond acceptors (Lipinski definition) is 9. The fourth-order valence-electron chi connectivity index (χ4n) is 6.26. The van der Waals surface area contributed by atoms with Gasteiger partial charge in [-0.2, -0.15) is 0 Å². The molecule has 2 rings (SSSR count). The van der Waals surface area contributed by atoms with Crippen molar-refractivity contribution < 1.29 is 43.8 Å². The number of esters is 1. The summed E-state index contributed by atoms with van der Waals surface area (Å²) in [5.41, 5.74) is 0.742. The molecule has 0 saturated carbocycles. The van der Waals surface area contributed by atoms with Crippen molar-refractivity contribution in [2.75, 3.05) is 21.3 Å². The second-order valence-electron chi connectivity index (χ2n) is 12.4. The van der Waals surface area contributed by atoms with Crippen LogP contribution in [0.25, 0.3) is 0 Å². The molecule has 0 unspecified atom stereocenters. The molecular weight excluding hydrogens is 552 g/mol. The maximum atomic E-state index is 13.5. The standard InChI is InChI=1S/C34H56O9/c1-11-27-23(5)26(35)19-34(41-10,43-27)25(7)31(37)24(6)32-28(39-8)16-14-12-13-15-21(3)30(36)22(4)17-20(2)18-29(40-9)33(38)42-32/h12-14,16-18,21-28,30-32,35-37H,11,15,19H2,1-10H3/b13-12+,16-14+,20-17+,29-18-/t21-,22-,23+,24+,25+,26-,27-,28+,30+,31-,32-,34-/m1/s1. The molecule has 2 aliphatic rings. The molecule has 0 bridgehead atoms. The minimum absolute atomic E-state index is 0.0130.